The van der Waals surface area contributed by atoms with Crippen LogP contribution in [0.5, 0.6) is 0 Å². The zero-order valence-corrected chi connectivity index (χ0v) is 15.9. The van der Waals surface area contributed by atoms with E-state index in [9.17, 15) is 9.18 Å². The molecule has 1 fully saturated rings. The van der Waals surface area contributed by atoms with Gasteiger partial charge in [-0.3, -0.25) is 9.69 Å². The van der Waals surface area contributed by atoms with Gasteiger partial charge >= 0.3 is 0 Å². The summed E-state index contributed by atoms with van der Waals surface area (Å²) in [6.07, 6.45) is 0. The van der Waals surface area contributed by atoms with Gasteiger partial charge in [0.1, 0.15) is 5.82 Å². The Labute approximate surface area is 162 Å². The molecule has 1 heterocycles. The third-order valence-electron chi connectivity index (χ3n) is 4.62. The van der Waals surface area contributed by atoms with Crippen LogP contribution in [0.3, 0.4) is 0 Å². The average molecular weight is 396 g/mol. The van der Waals surface area contributed by atoms with Crippen LogP contribution in [0.4, 0.5) is 15.8 Å². The van der Waals surface area contributed by atoms with Gasteiger partial charge in [0.25, 0.3) is 0 Å². The van der Waals surface area contributed by atoms with E-state index in [1.807, 2.05) is 17.9 Å². The predicted octanol–water partition coefficient (Wildman–Crippen LogP) is 4.28. The first-order valence-electron chi connectivity index (χ1n) is 8.45. The highest BCUT2D eigenvalue weighted by Gasteiger charge is 2.26. The van der Waals surface area contributed by atoms with E-state index in [1.54, 1.807) is 30.3 Å². The van der Waals surface area contributed by atoms with Crippen molar-refractivity contribution < 1.29 is 9.18 Å². The Bertz CT molecular complexity index is 794. The molecule has 0 saturated carbocycles. The van der Waals surface area contributed by atoms with Crippen molar-refractivity contribution in [1.82, 2.24) is 4.90 Å². The van der Waals surface area contributed by atoms with Crippen molar-refractivity contribution in [2.75, 3.05) is 36.4 Å². The number of amides is 1. The minimum atomic E-state index is -0.326. The van der Waals surface area contributed by atoms with Crippen molar-refractivity contribution in [1.29, 1.82) is 0 Å². The number of carbonyl (C=O) groups excluding carboxylic acids is 1. The van der Waals surface area contributed by atoms with Crippen LogP contribution in [0.1, 0.15) is 6.92 Å². The van der Waals surface area contributed by atoms with Crippen molar-refractivity contribution in [2.24, 2.45) is 0 Å². The van der Waals surface area contributed by atoms with E-state index >= 15 is 0 Å². The number of rotatable bonds is 4. The first-order valence-corrected chi connectivity index (χ1v) is 9.21. The normalized spacial score (nSPS) is 16.4. The highest BCUT2D eigenvalue weighted by molar-refractivity contribution is 6.35. The summed E-state index contributed by atoms with van der Waals surface area (Å²) in [5, 5.41) is 3.78. The SMILES string of the molecule is CC(C(=O)Nc1cc(Cl)ccc1Cl)N1CCN(c2ccccc2F)CC1. The molecule has 3 rings (SSSR count). The topological polar surface area (TPSA) is 35.6 Å². The molecule has 7 heteroatoms. The smallest absolute Gasteiger partial charge is 0.241 e. The first-order chi connectivity index (χ1) is 12.5. The van der Waals surface area contributed by atoms with Crippen LogP contribution in [0.25, 0.3) is 0 Å². The first kappa shape index (κ1) is 19.0. The lowest BCUT2D eigenvalue weighted by atomic mass is 10.2. The van der Waals surface area contributed by atoms with Crippen molar-refractivity contribution in [3.8, 4) is 0 Å². The Morgan fingerprint density at radius 3 is 2.50 bits per heavy atom. The Morgan fingerprint density at radius 2 is 1.81 bits per heavy atom. The third-order valence-corrected chi connectivity index (χ3v) is 5.19. The Kier molecular flexibility index (Phi) is 6.01. The lowest BCUT2D eigenvalue weighted by molar-refractivity contribution is -0.120. The average Bonchev–Trinajstić information content (AvgIpc) is 2.64. The summed E-state index contributed by atoms with van der Waals surface area (Å²) < 4.78 is 13.9. The Balaban J connectivity index is 1.59. The fourth-order valence-corrected chi connectivity index (χ4v) is 3.39. The van der Waals surface area contributed by atoms with Crippen molar-refractivity contribution in [2.45, 2.75) is 13.0 Å². The number of hydrogen-bond acceptors (Lipinski definition) is 3. The number of benzene rings is 2. The lowest BCUT2D eigenvalue weighted by Gasteiger charge is -2.38. The van der Waals surface area contributed by atoms with Gasteiger partial charge < -0.3 is 10.2 Å². The number of nitrogens with one attached hydrogen (secondary N) is 1. The second kappa shape index (κ2) is 8.25. The Hall–Kier alpha value is -1.82. The maximum absolute atomic E-state index is 13.9. The molecule has 1 aliphatic heterocycles. The van der Waals surface area contributed by atoms with E-state index in [0.29, 0.717) is 47.6 Å². The molecule has 1 unspecified atom stereocenters. The summed E-state index contributed by atoms with van der Waals surface area (Å²) in [5.74, 6) is -0.365. The second-order valence-corrected chi connectivity index (χ2v) is 7.11. The number of halogens is 3. The largest absolute Gasteiger partial charge is 0.367 e. The van der Waals surface area contributed by atoms with E-state index < -0.39 is 0 Å². The number of anilines is 2. The third kappa shape index (κ3) is 4.29. The number of carbonyl (C=O) groups is 1. The second-order valence-electron chi connectivity index (χ2n) is 6.26. The number of hydrogen-bond donors (Lipinski definition) is 1. The van der Waals surface area contributed by atoms with Crippen LogP contribution < -0.4 is 10.2 Å². The van der Waals surface area contributed by atoms with Crippen LogP contribution >= 0.6 is 23.2 Å². The predicted molar refractivity (Wildman–Crippen MR) is 105 cm³/mol. The molecule has 26 heavy (non-hydrogen) atoms. The van der Waals surface area contributed by atoms with Gasteiger partial charge in [-0.15, -0.1) is 0 Å². The molecule has 0 bridgehead atoms. The van der Waals surface area contributed by atoms with Crippen LogP contribution in [0.2, 0.25) is 10.0 Å². The van der Waals surface area contributed by atoms with Crippen LogP contribution in [0, 0.1) is 5.82 Å². The maximum atomic E-state index is 13.9. The molecule has 0 spiro atoms. The molecular formula is C19H20Cl2FN3O. The van der Waals surface area contributed by atoms with Crippen molar-refractivity contribution >= 4 is 40.5 Å². The number of para-hydroxylation sites is 1. The number of piperazine rings is 1. The summed E-state index contributed by atoms with van der Waals surface area (Å²) >= 11 is 12.1. The summed E-state index contributed by atoms with van der Waals surface area (Å²) in [7, 11) is 0. The molecule has 1 saturated heterocycles. The fraction of sp³-hybridized carbons (Fsp3) is 0.316. The maximum Gasteiger partial charge on any atom is 0.241 e. The molecule has 2 aromatic rings. The zero-order valence-electron chi connectivity index (χ0n) is 14.4. The zero-order chi connectivity index (χ0) is 18.7. The minimum Gasteiger partial charge on any atom is -0.367 e. The van der Waals surface area contributed by atoms with Gasteiger partial charge in [0.15, 0.2) is 0 Å². The summed E-state index contributed by atoms with van der Waals surface area (Å²) in [5.41, 5.74) is 1.11. The van der Waals surface area contributed by atoms with Gasteiger partial charge in [0.2, 0.25) is 5.91 Å². The molecular weight excluding hydrogens is 376 g/mol. The van der Waals surface area contributed by atoms with Crippen LogP contribution in [-0.2, 0) is 4.79 Å². The Morgan fingerprint density at radius 1 is 1.12 bits per heavy atom. The monoisotopic (exact) mass is 395 g/mol. The fourth-order valence-electron chi connectivity index (χ4n) is 3.05. The molecule has 0 aromatic heterocycles. The molecule has 1 atom stereocenters. The highest BCUT2D eigenvalue weighted by Crippen LogP contribution is 2.26. The quantitative estimate of drug-likeness (QED) is 0.838. The molecule has 1 amide bonds. The van der Waals surface area contributed by atoms with E-state index in [4.69, 9.17) is 23.2 Å². The molecule has 4 nitrogen and oxygen atoms in total. The summed E-state index contributed by atoms with van der Waals surface area (Å²) in [6.45, 7) is 4.53. The van der Waals surface area contributed by atoms with Gasteiger partial charge in [0.05, 0.1) is 22.4 Å². The van der Waals surface area contributed by atoms with Crippen molar-refractivity contribution in [3.05, 3.63) is 58.3 Å². The molecule has 0 radical (unpaired) electrons. The van der Waals surface area contributed by atoms with E-state index in [-0.39, 0.29) is 17.8 Å². The van der Waals surface area contributed by atoms with Gasteiger partial charge in [-0.25, -0.2) is 4.39 Å². The standard InChI is InChI=1S/C19H20Cl2FN3O/c1-13(19(26)23-17-12-14(20)6-7-15(17)21)24-8-10-25(11-9-24)18-5-3-2-4-16(18)22/h2-7,12-13H,8-11H2,1H3,(H,23,26). The molecule has 0 aliphatic carbocycles. The van der Waals surface area contributed by atoms with Gasteiger partial charge in [-0.05, 0) is 37.3 Å². The summed E-state index contributed by atoms with van der Waals surface area (Å²) in [6, 6.07) is 11.4. The van der Waals surface area contributed by atoms with Gasteiger partial charge in [-0.1, -0.05) is 35.3 Å². The lowest BCUT2D eigenvalue weighted by Crippen LogP contribution is -2.53. The molecule has 138 valence electrons. The molecule has 2 aromatic carbocycles. The van der Waals surface area contributed by atoms with E-state index in [0.717, 1.165) is 0 Å². The van der Waals surface area contributed by atoms with Gasteiger partial charge in [-0.2, -0.15) is 0 Å². The molecule has 1 N–H and O–H groups in total. The van der Waals surface area contributed by atoms with E-state index in [1.165, 1.54) is 6.07 Å². The molecule has 1 aliphatic rings. The number of nitrogens with zero attached hydrogens (tertiary/aromatic N) is 2. The highest BCUT2D eigenvalue weighted by atomic mass is 35.5. The summed E-state index contributed by atoms with van der Waals surface area (Å²) in [4.78, 5) is 16.6. The van der Waals surface area contributed by atoms with Crippen molar-refractivity contribution in [3.63, 3.8) is 0 Å². The van der Waals surface area contributed by atoms with Crippen LogP contribution in [-0.4, -0.2) is 43.0 Å². The van der Waals surface area contributed by atoms with Gasteiger partial charge in [0, 0.05) is 31.2 Å². The minimum absolute atomic E-state index is 0.145. The van der Waals surface area contributed by atoms with E-state index in [2.05, 4.69) is 10.2 Å². The van der Waals surface area contributed by atoms with Crippen LogP contribution in [0.15, 0.2) is 42.5 Å².